The Morgan fingerprint density at radius 3 is 2.68 bits per heavy atom. The third kappa shape index (κ3) is 2.58. The lowest BCUT2D eigenvalue weighted by molar-refractivity contribution is 0.118. The summed E-state index contributed by atoms with van der Waals surface area (Å²) in [5.41, 5.74) is -0.175. The Balaban J connectivity index is 1.93. The first kappa shape index (κ1) is 15.0. The lowest BCUT2D eigenvalue weighted by Crippen LogP contribution is -2.27. The minimum absolute atomic E-state index is 0.0304. The lowest BCUT2D eigenvalue weighted by atomic mass is 9.97. The quantitative estimate of drug-likeness (QED) is 0.849. The smallest absolute Gasteiger partial charge is 0.266 e. The monoisotopic (exact) mass is 306 g/mol. The summed E-state index contributed by atoms with van der Waals surface area (Å²) in [4.78, 5) is 6.64. The SMILES string of the molecule is CO[C@@H]1C[C@@H](c2nncn2C)N(c2noc(C(C)(C)C)n2)C1. The summed E-state index contributed by atoms with van der Waals surface area (Å²) < 4.78 is 12.9. The molecule has 0 aliphatic carbocycles. The minimum Gasteiger partial charge on any atom is -0.380 e. The van der Waals surface area contributed by atoms with Crippen LogP contribution in [0.25, 0.3) is 0 Å². The van der Waals surface area contributed by atoms with E-state index in [9.17, 15) is 0 Å². The molecule has 0 N–H and O–H groups in total. The predicted octanol–water partition coefficient (Wildman–Crippen LogP) is 1.46. The largest absolute Gasteiger partial charge is 0.380 e. The molecule has 1 fully saturated rings. The van der Waals surface area contributed by atoms with Gasteiger partial charge in [-0.1, -0.05) is 20.8 Å². The minimum atomic E-state index is -0.175. The van der Waals surface area contributed by atoms with Gasteiger partial charge in [0.15, 0.2) is 5.82 Å². The molecule has 8 nitrogen and oxygen atoms in total. The van der Waals surface area contributed by atoms with Crippen LogP contribution in [0.3, 0.4) is 0 Å². The van der Waals surface area contributed by atoms with Crippen molar-refractivity contribution < 1.29 is 9.26 Å². The van der Waals surface area contributed by atoms with Gasteiger partial charge in [-0.25, -0.2) is 0 Å². The molecule has 0 saturated carbocycles. The Bertz CT molecular complexity index is 644. The molecule has 3 rings (SSSR count). The molecule has 2 aromatic rings. The highest BCUT2D eigenvalue weighted by atomic mass is 16.5. The number of hydrogen-bond donors (Lipinski definition) is 0. The van der Waals surface area contributed by atoms with Crippen LogP contribution in [0.1, 0.15) is 44.9 Å². The van der Waals surface area contributed by atoms with E-state index >= 15 is 0 Å². The van der Waals surface area contributed by atoms with Crippen molar-refractivity contribution in [2.45, 2.75) is 44.8 Å². The number of ether oxygens (including phenoxy) is 1. The fourth-order valence-electron chi connectivity index (χ4n) is 2.66. The third-order valence-electron chi connectivity index (χ3n) is 3.95. The number of rotatable bonds is 3. The molecule has 3 heterocycles. The van der Waals surface area contributed by atoms with Gasteiger partial charge in [0.2, 0.25) is 5.89 Å². The second-order valence-corrected chi connectivity index (χ2v) is 6.71. The van der Waals surface area contributed by atoms with E-state index in [-0.39, 0.29) is 17.6 Å². The molecular formula is C14H22N6O2. The fraction of sp³-hybridized carbons (Fsp3) is 0.714. The molecule has 120 valence electrons. The summed E-state index contributed by atoms with van der Waals surface area (Å²) >= 11 is 0. The lowest BCUT2D eigenvalue weighted by Gasteiger charge is -2.21. The highest BCUT2D eigenvalue weighted by Crippen LogP contribution is 2.35. The molecular weight excluding hydrogens is 284 g/mol. The van der Waals surface area contributed by atoms with Gasteiger partial charge in [0.1, 0.15) is 6.33 Å². The van der Waals surface area contributed by atoms with Crippen LogP contribution in [-0.4, -0.2) is 44.7 Å². The molecule has 2 atom stereocenters. The van der Waals surface area contributed by atoms with Crippen LogP contribution < -0.4 is 4.90 Å². The zero-order chi connectivity index (χ0) is 15.9. The fourth-order valence-corrected chi connectivity index (χ4v) is 2.66. The summed E-state index contributed by atoms with van der Waals surface area (Å²) in [6, 6.07) is 0.0304. The Morgan fingerprint density at radius 2 is 2.14 bits per heavy atom. The summed E-state index contributed by atoms with van der Waals surface area (Å²) in [6.45, 7) is 6.85. The molecule has 22 heavy (non-hydrogen) atoms. The first-order chi connectivity index (χ1) is 10.4. The zero-order valence-electron chi connectivity index (χ0n) is 13.6. The molecule has 0 aromatic carbocycles. The van der Waals surface area contributed by atoms with E-state index in [0.717, 1.165) is 12.2 Å². The average molecular weight is 306 g/mol. The van der Waals surface area contributed by atoms with Crippen LogP contribution in [0.5, 0.6) is 0 Å². The first-order valence-electron chi connectivity index (χ1n) is 7.37. The van der Waals surface area contributed by atoms with Crippen molar-refractivity contribution in [2.75, 3.05) is 18.6 Å². The Labute approximate surface area is 129 Å². The van der Waals surface area contributed by atoms with Crippen molar-refractivity contribution in [3.8, 4) is 0 Å². The number of aromatic nitrogens is 5. The van der Waals surface area contributed by atoms with E-state index < -0.39 is 0 Å². The maximum absolute atomic E-state index is 5.52. The maximum atomic E-state index is 5.52. The van der Waals surface area contributed by atoms with Crippen LogP contribution in [-0.2, 0) is 17.2 Å². The molecule has 0 spiro atoms. The van der Waals surface area contributed by atoms with E-state index in [4.69, 9.17) is 9.26 Å². The highest BCUT2D eigenvalue weighted by molar-refractivity contribution is 5.35. The molecule has 0 amide bonds. The van der Waals surface area contributed by atoms with Gasteiger partial charge >= 0.3 is 0 Å². The van der Waals surface area contributed by atoms with Crippen LogP contribution in [0, 0.1) is 0 Å². The molecule has 1 saturated heterocycles. The molecule has 0 unspecified atom stereocenters. The first-order valence-corrected chi connectivity index (χ1v) is 7.37. The summed E-state index contributed by atoms with van der Waals surface area (Å²) in [5.74, 6) is 2.08. The number of anilines is 1. The third-order valence-corrected chi connectivity index (χ3v) is 3.95. The maximum Gasteiger partial charge on any atom is 0.266 e. The van der Waals surface area contributed by atoms with Crippen LogP contribution >= 0.6 is 0 Å². The Hall–Kier alpha value is -1.96. The van der Waals surface area contributed by atoms with Crippen molar-refractivity contribution in [1.29, 1.82) is 0 Å². The van der Waals surface area contributed by atoms with Crippen molar-refractivity contribution in [2.24, 2.45) is 7.05 Å². The van der Waals surface area contributed by atoms with E-state index in [1.165, 1.54) is 0 Å². The van der Waals surface area contributed by atoms with Gasteiger partial charge in [-0.05, 0) is 5.16 Å². The highest BCUT2D eigenvalue weighted by Gasteiger charge is 2.38. The van der Waals surface area contributed by atoms with Crippen molar-refractivity contribution >= 4 is 5.95 Å². The average Bonchev–Trinajstić information content (AvgIpc) is 3.14. The summed E-state index contributed by atoms with van der Waals surface area (Å²) in [5, 5.41) is 12.3. The molecule has 0 bridgehead atoms. The van der Waals surface area contributed by atoms with E-state index in [1.54, 1.807) is 13.4 Å². The van der Waals surface area contributed by atoms with E-state index in [2.05, 4.69) is 25.2 Å². The van der Waals surface area contributed by atoms with Gasteiger partial charge in [-0.3, -0.25) is 0 Å². The van der Waals surface area contributed by atoms with Gasteiger partial charge in [0.05, 0.1) is 12.1 Å². The van der Waals surface area contributed by atoms with Gasteiger partial charge in [0.25, 0.3) is 5.95 Å². The summed E-state index contributed by atoms with van der Waals surface area (Å²) in [7, 11) is 3.66. The molecule has 1 aliphatic rings. The van der Waals surface area contributed by atoms with Gasteiger partial charge in [0, 0.05) is 32.5 Å². The second-order valence-electron chi connectivity index (χ2n) is 6.71. The molecule has 0 radical (unpaired) electrons. The topological polar surface area (TPSA) is 82.1 Å². The molecule has 1 aliphatic heterocycles. The van der Waals surface area contributed by atoms with Crippen LogP contribution in [0.15, 0.2) is 10.9 Å². The number of methoxy groups -OCH3 is 1. The molecule has 2 aromatic heterocycles. The summed E-state index contributed by atoms with van der Waals surface area (Å²) in [6.07, 6.45) is 2.63. The van der Waals surface area contributed by atoms with E-state index in [1.807, 2.05) is 32.4 Å². The predicted molar refractivity (Wildman–Crippen MR) is 79.5 cm³/mol. The van der Waals surface area contributed by atoms with Gasteiger partial charge < -0.3 is 18.7 Å². The second kappa shape index (κ2) is 5.35. The number of nitrogens with zero attached hydrogens (tertiary/aromatic N) is 6. The number of hydrogen-bond acceptors (Lipinski definition) is 7. The zero-order valence-corrected chi connectivity index (χ0v) is 13.6. The van der Waals surface area contributed by atoms with E-state index in [0.29, 0.717) is 18.4 Å². The Kier molecular flexibility index (Phi) is 3.64. The Morgan fingerprint density at radius 1 is 1.36 bits per heavy atom. The van der Waals surface area contributed by atoms with Crippen molar-refractivity contribution in [3.05, 3.63) is 18.0 Å². The molecule has 8 heteroatoms. The van der Waals surface area contributed by atoms with Crippen LogP contribution in [0.4, 0.5) is 5.95 Å². The van der Waals surface area contributed by atoms with Crippen molar-refractivity contribution in [1.82, 2.24) is 24.9 Å². The van der Waals surface area contributed by atoms with Gasteiger partial charge in [-0.15, -0.1) is 10.2 Å². The van der Waals surface area contributed by atoms with Gasteiger partial charge in [-0.2, -0.15) is 4.98 Å². The standard InChI is InChI=1S/C14H22N6O2/c1-14(2,3)12-16-13(18-22-12)20-7-9(21-5)6-10(20)11-17-15-8-19(11)4/h8-10H,6-7H2,1-5H3/t9-,10+/m1/s1. The number of aryl methyl sites for hydroxylation is 1. The van der Waals surface area contributed by atoms with Crippen LogP contribution in [0.2, 0.25) is 0 Å². The van der Waals surface area contributed by atoms with Crippen molar-refractivity contribution in [3.63, 3.8) is 0 Å². The normalized spacial score (nSPS) is 22.5.